The van der Waals surface area contributed by atoms with E-state index in [0.717, 1.165) is 18.7 Å². The summed E-state index contributed by atoms with van der Waals surface area (Å²) in [7, 11) is 0. The third-order valence-electron chi connectivity index (χ3n) is 3.76. The molecule has 5 nitrogen and oxygen atoms in total. The van der Waals surface area contributed by atoms with Crippen molar-refractivity contribution in [1.82, 2.24) is 19.9 Å². The van der Waals surface area contributed by atoms with E-state index in [1.165, 1.54) is 38.8 Å². The molecule has 2 aliphatic rings. The summed E-state index contributed by atoms with van der Waals surface area (Å²) in [5, 5.41) is 7.79. The van der Waals surface area contributed by atoms with Gasteiger partial charge in [0.25, 0.3) is 0 Å². The Kier molecular flexibility index (Phi) is 2.93. The van der Waals surface area contributed by atoms with Crippen molar-refractivity contribution in [3.8, 4) is 0 Å². The first-order valence-corrected chi connectivity index (χ1v) is 6.44. The van der Waals surface area contributed by atoms with E-state index >= 15 is 0 Å². The monoisotopic (exact) mass is 234 g/mol. The summed E-state index contributed by atoms with van der Waals surface area (Å²) in [5.74, 6) is 0.942. The Balaban J connectivity index is 1.60. The Morgan fingerprint density at radius 3 is 2.94 bits per heavy atom. The highest BCUT2D eigenvalue weighted by Crippen LogP contribution is 2.32. The van der Waals surface area contributed by atoms with Crippen LogP contribution in [-0.4, -0.2) is 45.3 Å². The lowest BCUT2D eigenvalue weighted by molar-refractivity contribution is 0.111. The Hall–Kier alpha value is -1.23. The predicted octanol–water partition coefficient (Wildman–Crippen LogP) is 0.965. The standard InChI is InChI=1S/C12H18N4O/c17-9-11-7-16(14-13-11)8-12-2-1-5-15(12)6-10-3-4-10/h7,9-10,12H,1-6,8H2/t12-/m0/s1. The largest absolute Gasteiger partial charge is 0.298 e. The second-order valence-electron chi connectivity index (χ2n) is 5.22. The van der Waals surface area contributed by atoms with Gasteiger partial charge < -0.3 is 0 Å². The molecule has 1 aromatic heterocycles. The summed E-state index contributed by atoms with van der Waals surface area (Å²) in [6, 6.07) is 0.580. The van der Waals surface area contributed by atoms with Crippen LogP contribution in [-0.2, 0) is 6.54 Å². The van der Waals surface area contributed by atoms with Crippen molar-refractivity contribution in [3.05, 3.63) is 11.9 Å². The zero-order chi connectivity index (χ0) is 11.7. The number of nitrogens with zero attached hydrogens (tertiary/aromatic N) is 4. The van der Waals surface area contributed by atoms with E-state index in [1.807, 2.05) is 0 Å². The van der Waals surface area contributed by atoms with Gasteiger partial charge in [-0.25, -0.2) is 0 Å². The lowest BCUT2D eigenvalue weighted by Crippen LogP contribution is -2.34. The Labute approximate surface area is 101 Å². The van der Waals surface area contributed by atoms with Gasteiger partial charge in [0.05, 0.1) is 12.7 Å². The molecule has 5 heteroatoms. The average molecular weight is 234 g/mol. The summed E-state index contributed by atoms with van der Waals surface area (Å²) in [5.41, 5.74) is 0.428. The van der Waals surface area contributed by atoms with E-state index in [0.29, 0.717) is 11.7 Å². The third kappa shape index (κ3) is 2.54. The highest BCUT2D eigenvalue weighted by molar-refractivity contribution is 5.70. The van der Waals surface area contributed by atoms with Crippen LogP contribution >= 0.6 is 0 Å². The molecule has 0 spiro atoms. The van der Waals surface area contributed by atoms with Gasteiger partial charge in [-0.3, -0.25) is 14.4 Å². The second kappa shape index (κ2) is 4.56. The highest BCUT2D eigenvalue weighted by atomic mass is 16.1. The van der Waals surface area contributed by atoms with Crippen molar-refractivity contribution in [2.24, 2.45) is 5.92 Å². The van der Waals surface area contributed by atoms with Crippen molar-refractivity contribution in [2.75, 3.05) is 13.1 Å². The molecule has 1 aliphatic heterocycles. The van der Waals surface area contributed by atoms with Crippen LogP contribution in [0.15, 0.2) is 6.20 Å². The van der Waals surface area contributed by atoms with Gasteiger partial charge in [0.2, 0.25) is 0 Å². The minimum atomic E-state index is 0.428. The number of carbonyl (C=O) groups excluding carboxylic acids is 1. The summed E-state index contributed by atoms with van der Waals surface area (Å²) in [6.45, 7) is 3.34. The number of hydrogen-bond donors (Lipinski definition) is 0. The molecule has 1 saturated carbocycles. The smallest absolute Gasteiger partial charge is 0.171 e. The van der Waals surface area contributed by atoms with Gasteiger partial charge in [-0.15, -0.1) is 5.10 Å². The van der Waals surface area contributed by atoms with E-state index in [2.05, 4.69) is 15.2 Å². The molecule has 0 N–H and O–H groups in total. The summed E-state index contributed by atoms with van der Waals surface area (Å²) in [6.07, 6.45) is 7.82. The number of likely N-dealkylation sites (tertiary alicyclic amines) is 1. The molecular formula is C12H18N4O. The van der Waals surface area contributed by atoms with Crippen LogP contribution in [0.2, 0.25) is 0 Å². The van der Waals surface area contributed by atoms with Crippen LogP contribution < -0.4 is 0 Å². The molecular weight excluding hydrogens is 216 g/mol. The Morgan fingerprint density at radius 2 is 2.24 bits per heavy atom. The normalized spacial score (nSPS) is 25.3. The molecule has 2 fully saturated rings. The number of aromatic nitrogens is 3. The van der Waals surface area contributed by atoms with E-state index in [1.54, 1.807) is 10.9 Å². The molecule has 1 saturated heterocycles. The van der Waals surface area contributed by atoms with Gasteiger partial charge in [0.15, 0.2) is 6.29 Å². The van der Waals surface area contributed by atoms with Crippen LogP contribution in [0, 0.1) is 5.92 Å². The molecule has 1 aliphatic carbocycles. The molecule has 0 bridgehead atoms. The van der Waals surface area contributed by atoms with Crippen LogP contribution in [0.5, 0.6) is 0 Å². The van der Waals surface area contributed by atoms with Crippen molar-refractivity contribution < 1.29 is 4.79 Å². The lowest BCUT2D eigenvalue weighted by atomic mass is 10.2. The number of rotatable bonds is 5. The Morgan fingerprint density at radius 1 is 1.35 bits per heavy atom. The van der Waals surface area contributed by atoms with Gasteiger partial charge in [0.1, 0.15) is 5.69 Å². The first-order chi connectivity index (χ1) is 8.35. The van der Waals surface area contributed by atoms with Gasteiger partial charge in [-0.05, 0) is 38.1 Å². The zero-order valence-corrected chi connectivity index (χ0v) is 9.96. The minimum absolute atomic E-state index is 0.428. The summed E-state index contributed by atoms with van der Waals surface area (Å²) >= 11 is 0. The van der Waals surface area contributed by atoms with Crippen molar-refractivity contribution in [3.63, 3.8) is 0 Å². The molecule has 3 rings (SSSR count). The average Bonchev–Trinajstić information content (AvgIpc) is 2.87. The molecule has 0 amide bonds. The van der Waals surface area contributed by atoms with Crippen molar-refractivity contribution in [1.29, 1.82) is 0 Å². The number of aldehydes is 1. The maximum Gasteiger partial charge on any atom is 0.171 e. The van der Waals surface area contributed by atoms with Gasteiger partial charge in [-0.2, -0.15) is 0 Å². The topological polar surface area (TPSA) is 51.0 Å². The van der Waals surface area contributed by atoms with Crippen LogP contribution in [0.25, 0.3) is 0 Å². The summed E-state index contributed by atoms with van der Waals surface area (Å²) in [4.78, 5) is 13.1. The quantitative estimate of drug-likeness (QED) is 0.712. The van der Waals surface area contributed by atoms with Crippen LogP contribution in [0.1, 0.15) is 36.2 Å². The van der Waals surface area contributed by atoms with Crippen molar-refractivity contribution >= 4 is 6.29 Å². The number of carbonyl (C=O) groups is 1. The number of hydrogen-bond acceptors (Lipinski definition) is 4. The second-order valence-corrected chi connectivity index (χ2v) is 5.22. The third-order valence-corrected chi connectivity index (χ3v) is 3.76. The molecule has 0 unspecified atom stereocenters. The first kappa shape index (κ1) is 10.9. The molecule has 2 heterocycles. The van der Waals surface area contributed by atoms with E-state index in [-0.39, 0.29) is 0 Å². The van der Waals surface area contributed by atoms with E-state index in [9.17, 15) is 4.79 Å². The van der Waals surface area contributed by atoms with Gasteiger partial charge in [0, 0.05) is 12.6 Å². The maximum atomic E-state index is 10.5. The molecule has 1 aromatic rings. The highest BCUT2D eigenvalue weighted by Gasteiger charge is 2.31. The summed E-state index contributed by atoms with van der Waals surface area (Å²) < 4.78 is 1.81. The fourth-order valence-electron chi connectivity index (χ4n) is 2.65. The SMILES string of the molecule is O=Cc1cn(C[C@@H]2CCCN2CC2CC2)nn1. The molecule has 0 aromatic carbocycles. The minimum Gasteiger partial charge on any atom is -0.298 e. The molecule has 17 heavy (non-hydrogen) atoms. The zero-order valence-electron chi connectivity index (χ0n) is 9.96. The van der Waals surface area contributed by atoms with Crippen LogP contribution in [0.4, 0.5) is 0 Å². The molecule has 92 valence electrons. The van der Waals surface area contributed by atoms with E-state index in [4.69, 9.17) is 0 Å². The predicted molar refractivity (Wildman–Crippen MR) is 62.7 cm³/mol. The fraction of sp³-hybridized carbons (Fsp3) is 0.750. The lowest BCUT2D eigenvalue weighted by Gasteiger charge is -2.23. The van der Waals surface area contributed by atoms with Gasteiger partial charge >= 0.3 is 0 Å². The molecule has 1 atom stereocenters. The van der Waals surface area contributed by atoms with Crippen molar-refractivity contribution in [2.45, 2.75) is 38.3 Å². The van der Waals surface area contributed by atoms with E-state index < -0.39 is 0 Å². The maximum absolute atomic E-state index is 10.5. The van der Waals surface area contributed by atoms with Gasteiger partial charge in [-0.1, -0.05) is 5.21 Å². The first-order valence-electron chi connectivity index (χ1n) is 6.44. The Bertz CT molecular complexity index is 399. The molecule has 0 radical (unpaired) electrons. The fourth-order valence-corrected chi connectivity index (χ4v) is 2.65. The van der Waals surface area contributed by atoms with Crippen LogP contribution in [0.3, 0.4) is 0 Å².